The Morgan fingerprint density at radius 3 is 1.67 bits per heavy atom. The fraction of sp³-hybridized carbons (Fsp3) is 0.516. The van der Waals surface area contributed by atoms with Crippen molar-refractivity contribution in [1.29, 1.82) is 0 Å². The molecular weight excluding hydrogens is 577 g/mol. The summed E-state index contributed by atoms with van der Waals surface area (Å²) in [6, 6.07) is -1.55. The van der Waals surface area contributed by atoms with Crippen LogP contribution in [0.4, 0.5) is 0 Å². The van der Waals surface area contributed by atoms with E-state index in [0.29, 0.717) is 6.42 Å². The standard InChI is InChI=1S/C31H48NO10P/c1-3-5-6-7-8-9-10-11-12-13-14-15-16-17-18-19-20-21-22-23-30(35)40-24-27(33)25-41-43(38,39)42-26-28(31(36)37)32-29(34)4-2/h5-6,8-9,11-12,14-15,17-18,20-21,27-28,33H,3-4,7,10,13,16,19,22-26H2,1-2H3,(H,32,34)(H,36,37)(H,38,39)/b6-5-,9-8-,12-11-,15-14-,18-17-,21-20-. The fourth-order valence-corrected chi connectivity index (χ4v) is 3.78. The fourth-order valence-electron chi connectivity index (χ4n) is 3.01. The topological polar surface area (TPSA) is 169 Å². The Bertz CT molecular complexity index is 1020. The highest BCUT2D eigenvalue weighted by molar-refractivity contribution is 7.47. The summed E-state index contributed by atoms with van der Waals surface area (Å²) in [6.07, 6.45) is 29.8. The molecule has 11 nitrogen and oxygen atoms in total. The lowest BCUT2D eigenvalue weighted by molar-refractivity contribution is -0.147. The van der Waals surface area contributed by atoms with Crippen LogP contribution in [-0.4, -0.2) is 64.9 Å². The van der Waals surface area contributed by atoms with Gasteiger partial charge in [0.15, 0.2) is 6.04 Å². The van der Waals surface area contributed by atoms with Gasteiger partial charge in [-0.15, -0.1) is 0 Å². The molecule has 0 radical (unpaired) electrons. The van der Waals surface area contributed by atoms with E-state index in [1.165, 1.54) is 6.92 Å². The maximum Gasteiger partial charge on any atom is 0.472 e. The number of carbonyl (C=O) groups is 3. The molecular formula is C31H48NO10P. The number of rotatable bonds is 25. The zero-order chi connectivity index (χ0) is 32.2. The zero-order valence-corrected chi connectivity index (χ0v) is 26.1. The van der Waals surface area contributed by atoms with E-state index >= 15 is 0 Å². The van der Waals surface area contributed by atoms with E-state index < -0.39 is 57.6 Å². The summed E-state index contributed by atoms with van der Waals surface area (Å²) in [5, 5.41) is 21.0. The lowest BCUT2D eigenvalue weighted by atomic mass is 10.2. The largest absolute Gasteiger partial charge is 0.480 e. The number of amides is 1. The predicted octanol–water partition coefficient (Wildman–Crippen LogP) is 5.48. The highest BCUT2D eigenvalue weighted by atomic mass is 31.2. The Balaban J connectivity index is 3.98. The van der Waals surface area contributed by atoms with Gasteiger partial charge in [-0.25, -0.2) is 9.36 Å². The molecule has 0 rings (SSSR count). The third kappa shape index (κ3) is 26.3. The van der Waals surface area contributed by atoms with E-state index in [-0.39, 0.29) is 12.8 Å². The third-order valence-electron chi connectivity index (χ3n) is 5.34. The van der Waals surface area contributed by atoms with Crippen molar-refractivity contribution in [1.82, 2.24) is 5.32 Å². The molecule has 0 spiro atoms. The summed E-state index contributed by atoms with van der Waals surface area (Å²) in [6.45, 7) is 1.64. The van der Waals surface area contributed by atoms with Gasteiger partial charge in [0.1, 0.15) is 12.7 Å². The molecule has 0 aliphatic heterocycles. The van der Waals surface area contributed by atoms with Gasteiger partial charge in [-0.2, -0.15) is 0 Å². The molecule has 242 valence electrons. The molecule has 0 saturated heterocycles. The van der Waals surface area contributed by atoms with Crippen molar-refractivity contribution in [3.8, 4) is 0 Å². The van der Waals surface area contributed by atoms with Crippen molar-refractivity contribution < 1.29 is 47.8 Å². The number of hydrogen-bond donors (Lipinski definition) is 4. The number of phosphoric ester groups is 1. The van der Waals surface area contributed by atoms with Gasteiger partial charge >= 0.3 is 19.8 Å². The second kappa shape index (κ2) is 26.5. The average molecular weight is 626 g/mol. The number of allylic oxidation sites excluding steroid dienone is 12. The van der Waals surface area contributed by atoms with E-state index in [4.69, 9.17) is 9.84 Å². The predicted molar refractivity (Wildman–Crippen MR) is 166 cm³/mol. The molecule has 0 heterocycles. The lowest BCUT2D eigenvalue weighted by Crippen LogP contribution is -2.43. The number of phosphoric acid groups is 1. The molecule has 0 saturated carbocycles. The van der Waals surface area contributed by atoms with Crippen LogP contribution in [0.3, 0.4) is 0 Å². The van der Waals surface area contributed by atoms with Crippen LogP contribution < -0.4 is 5.32 Å². The number of ether oxygens (including phenoxy) is 1. The number of carbonyl (C=O) groups excluding carboxylic acids is 2. The van der Waals surface area contributed by atoms with E-state index in [1.807, 2.05) is 18.2 Å². The van der Waals surface area contributed by atoms with E-state index in [0.717, 1.165) is 38.5 Å². The first kappa shape index (κ1) is 39.9. The van der Waals surface area contributed by atoms with E-state index in [1.54, 1.807) is 0 Å². The van der Waals surface area contributed by atoms with Crippen molar-refractivity contribution in [3.05, 3.63) is 72.9 Å². The number of carboxylic acid groups (broad SMARTS) is 1. The monoisotopic (exact) mass is 625 g/mol. The number of hydrogen-bond acceptors (Lipinski definition) is 8. The van der Waals surface area contributed by atoms with Gasteiger partial charge < -0.3 is 25.2 Å². The number of nitrogens with one attached hydrogen (secondary N) is 1. The third-order valence-corrected chi connectivity index (χ3v) is 6.29. The summed E-state index contributed by atoms with van der Waals surface area (Å²) < 4.78 is 26.0. The number of esters is 1. The van der Waals surface area contributed by atoms with Crippen LogP contribution >= 0.6 is 7.82 Å². The summed E-state index contributed by atoms with van der Waals surface area (Å²) in [5.74, 6) is -2.60. The minimum atomic E-state index is -4.73. The number of aliphatic hydroxyl groups is 1. The first-order valence-electron chi connectivity index (χ1n) is 14.5. The quantitative estimate of drug-likeness (QED) is 0.0579. The maximum absolute atomic E-state index is 11.9. The van der Waals surface area contributed by atoms with Crippen molar-refractivity contribution >= 4 is 25.7 Å². The van der Waals surface area contributed by atoms with Crippen LogP contribution in [0, 0.1) is 0 Å². The van der Waals surface area contributed by atoms with E-state index in [9.17, 15) is 28.9 Å². The van der Waals surface area contributed by atoms with Crippen molar-refractivity contribution in [2.75, 3.05) is 19.8 Å². The molecule has 1 amide bonds. The molecule has 0 aromatic carbocycles. The minimum Gasteiger partial charge on any atom is -0.480 e. The highest BCUT2D eigenvalue weighted by Gasteiger charge is 2.28. The first-order chi connectivity index (χ1) is 20.6. The summed E-state index contributed by atoms with van der Waals surface area (Å²) >= 11 is 0. The van der Waals surface area contributed by atoms with Gasteiger partial charge in [-0.05, 0) is 44.9 Å². The molecule has 0 aromatic rings. The van der Waals surface area contributed by atoms with Crippen LogP contribution in [0.15, 0.2) is 72.9 Å². The molecule has 3 unspecified atom stereocenters. The molecule has 4 N–H and O–H groups in total. The zero-order valence-electron chi connectivity index (χ0n) is 25.2. The van der Waals surface area contributed by atoms with Gasteiger partial charge in [-0.3, -0.25) is 18.6 Å². The minimum absolute atomic E-state index is 0.0172. The van der Waals surface area contributed by atoms with Gasteiger partial charge in [-0.1, -0.05) is 86.8 Å². The Morgan fingerprint density at radius 1 is 0.744 bits per heavy atom. The number of aliphatic hydroxyl groups excluding tert-OH is 1. The molecule has 0 aromatic heterocycles. The lowest BCUT2D eigenvalue weighted by Gasteiger charge is -2.18. The molecule has 3 atom stereocenters. The normalized spacial score (nSPS) is 15.3. The smallest absolute Gasteiger partial charge is 0.472 e. The SMILES string of the molecule is CC/C=C\C/C=C\C/C=C\C/C=C\C/C=C\C/C=C\CCC(=O)OCC(O)COP(=O)(O)OCC(NC(=O)CC)C(=O)O. The Morgan fingerprint density at radius 2 is 1.21 bits per heavy atom. The van der Waals surface area contributed by atoms with Gasteiger partial charge in [0.25, 0.3) is 0 Å². The van der Waals surface area contributed by atoms with Crippen molar-refractivity contribution in [3.63, 3.8) is 0 Å². The Labute approximate surface area is 255 Å². The van der Waals surface area contributed by atoms with Gasteiger partial charge in [0, 0.05) is 12.8 Å². The first-order valence-corrected chi connectivity index (χ1v) is 16.0. The molecule has 43 heavy (non-hydrogen) atoms. The van der Waals surface area contributed by atoms with Crippen molar-refractivity contribution in [2.45, 2.75) is 83.8 Å². The van der Waals surface area contributed by atoms with E-state index in [2.05, 4.69) is 76.0 Å². The van der Waals surface area contributed by atoms with Crippen LogP contribution in [0.1, 0.15) is 71.6 Å². The van der Waals surface area contributed by atoms with Crippen molar-refractivity contribution in [2.24, 2.45) is 0 Å². The van der Waals surface area contributed by atoms with Gasteiger partial charge in [0.05, 0.1) is 13.2 Å². The molecule has 12 heteroatoms. The summed E-state index contributed by atoms with van der Waals surface area (Å²) in [7, 11) is -4.73. The Kier molecular flexibility index (Phi) is 24.6. The summed E-state index contributed by atoms with van der Waals surface area (Å²) in [5.41, 5.74) is 0. The summed E-state index contributed by atoms with van der Waals surface area (Å²) in [4.78, 5) is 43.9. The van der Waals surface area contributed by atoms with Crippen LogP contribution in [0.2, 0.25) is 0 Å². The Hall–Kier alpha value is -3.08. The second-order valence-electron chi connectivity index (χ2n) is 9.16. The highest BCUT2D eigenvalue weighted by Crippen LogP contribution is 2.43. The second-order valence-corrected chi connectivity index (χ2v) is 10.6. The molecule has 0 aliphatic carbocycles. The average Bonchev–Trinajstić information content (AvgIpc) is 2.98. The van der Waals surface area contributed by atoms with Crippen LogP contribution in [-0.2, 0) is 32.7 Å². The van der Waals surface area contributed by atoms with Gasteiger partial charge in [0.2, 0.25) is 5.91 Å². The number of carboxylic acids is 1. The number of aliphatic carboxylic acids is 1. The molecule has 0 bridgehead atoms. The van der Waals surface area contributed by atoms with Crippen LogP contribution in [0.5, 0.6) is 0 Å². The molecule has 0 aliphatic rings. The maximum atomic E-state index is 11.9. The molecule has 0 fully saturated rings. The van der Waals surface area contributed by atoms with Crippen LogP contribution in [0.25, 0.3) is 0 Å².